The Morgan fingerprint density at radius 3 is 2.37 bits per heavy atom. The van der Waals surface area contributed by atoms with Crippen molar-refractivity contribution in [3.05, 3.63) is 66.0 Å². The van der Waals surface area contributed by atoms with Gasteiger partial charge < -0.3 is 4.74 Å². The van der Waals surface area contributed by atoms with Crippen molar-refractivity contribution in [2.75, 3.05) is 0 Å². The van der Waals surface area contributed by atoms with Gasteiger partial charge in [0.15, 0.2) is 6.10 Å². The minimum absolute atomic E-state index is 0.224. The molecule has 4 nitrogen and oxygen atoms in total. The van der Waals surface area contributed by atoms with Crippen LogP contribution in [0.1, 0.15) is 27.6 Å². The number of hydrogen-bond donors (Lipinski definition) is 0. The number of pyridine rings is 1. The van der Waals surface area contributed by atoms with Crippen molar-refractivity contribution < 1.29 is 14.3 Å². The molecule has 1 unspecified atom stereocenters. The maximum Gasteiger partial charge on any atom is 0.340 e. The summed E-state index contributed by atoms with van der Waals surface area (Å²) in [4.78, 5) is 27.6. The predicted octanol–water partition coefficient (Wildman–Crippen LogP) is 2.51. The number of ether oxygens (including phenoxy) is 1. The van der Waals surface area contributed by atoms with Crippen molar-refractivity contribution in [1.29, 1.82) is 0 Å². The van der Waals surface area contributed by atoms with Crippen LogP contribution in [0.2, 0.25) is 0 Å². The SMILES string of the molecule is CC(OC(=O)c1cccnc1)C(=O)c1ccccc1. The average molecular weight is 255 g/mol. The van der Waals surface area contributed by atoms with E-state index in [2.05, 4.69) is 4.98 Å². The molecule has 1 atom stereocenters. The minimum atomic E-state index is -0.824. The molecule has 0 spiro atoms. The molecule has 2 aromatic rings. The van der Waals surface area contributed by atoms with Crippen LogP contribution in [0.5, 0.6) is 0 Å². The lowest BCUT2D eigenvalue weighted by Gasteiger charge is -2.12. The predicted molar refractivity (Wildman–Crippen MR) is 69.9 cm³/mol. The number of carbonyl (C=O) groups excluding carboxylic acids is 2. The van der Waals surface area contributed by atoms with E-state index >= 15 is 0 Å². The Balaban J connectivity index is 2.04. The van der Waals surface area contributed by atoms with Gasteiger partial charge in [0.05, 0.1) is 5.56 Å². The highest BCUT2D eigenvalue weighted by Gasteiger charge is 2.20. The molecule has 0 aliphatic carbocycles. The van der Waals surface area contributed by atoms with Gasteiger partial charge in [-0.3, -0.25) is 9.78 Å². The zero-order chi connectivity index (χ0) is 13.7. The van der Waals surface area contributed by atoms with Crippen LogP contribution in [0.3, 0.4) is 0 Å². The highest BCUT2D eigenvalue weighted by Crippen LogP contribution is 2.08. The van der Waals surface area contributed by atoms with Crippen LogP contribution in [0.4, 0.5) is 0 Å². The van der Waals surface area contributed by atoms with Gasteiger partial charge in [-0.25, -0.2) is 4.79 Å². The Labute approximate surface area is 111 Å². The van der Waals surface area contributed by atoms with Gasteiger partial charge in [0.2, 0.25) is 5.78 Å². The van der Waals surface area contributed by atoms with E-state index in [0.717, 1.165) is 0 Å². The quantitative estimate of drug-likeness (QED) is 0.622. The van der Waals surface area contributed by atoms with Crippen LogP contribution in [-0.2, 0) is 4.74 Å². The lowest BCUT2D eigenvalue weighted by Crippen LogP contribution is -2.24. The van der Waals surface area contributed by atoms with E-state index < -0.39 is 12.1 Å². The third-order valence-electron chi connectivity index (χ3n) is 2.61. The Kier molecular flexibility index (Phi) is 4.03. The first-order valence-corrected chi connectivity index (χ1v) is 5.89. The normalized spacial score (nSPS) is 11.6. The topological polar surface area (TPSA) is 56.3 Å². The number of Topliss-reactive ketones (excluding diaryl/α,β-unsaturated/α-hetero) is 1. The van der Waals surface area contributed by atoms with E-state index in [-0.39, 0.29) is 5.78 Å². The summed E-state index contributed by atoms with van der Waals surface area (Å²) in [5.74, 6) is -0.775. The first-order valence-electron chi connectivity index (χ1n) is 5.89. The summed E-state index contributed by atoms with van der Waals surface area (Å²) in [7, 11) is 0. The van der Waals surface area contributed by atoms with Crippen molar-refractivity contribution in [1.82, 2.24) is 4.98 Å². The maximum absolute atomic E-state index is 12.0. The second-order valence-corrected chi connectivity index (χ2v) is 4.02. The molecule has 96 valence electrons. The van der Waals surface area contributed by atoms with Crippen LogP contribution < -0.4 is 0 Å². The molecular weight excluding hydrogens is 242 g/mol. The van der Waals surface area contributed by atoms with Crippen molar-refractivity contribution >= 4 is 11.8 Å². The maximum atomic E-state index is 12.0. The highest BCUT2D eigenvalue weighted by atomic mass is 16.5. The summed E-state index contributed by atoms with van der Waals surface area (Å²) in [5.41, 5.74) is 0.851. The molecule has 1 aromatic carbocycles. The Morgan fingerprint density at radius 1 is 1.05 bits per heavy atom. The Morgan fingerprint density at radius 2 is 1.74 bits per heavy atom. The van der Waals surface area contributed by atoms with Crippen LogP contribution in [0.15, 0.2) is 54.9 Å². The molecule has 0 N–H and O–H groups in total. The third kappa shape index (κ3) is 3.25. The number of rotatable bonds is 4. The largest absolute Gasteiger partial charge is 0.451 e. The molecule has 0 aliphatic rings. The van der Waals surface area contributed by atoms with Gasteiger partial charge in [0, 0.05) is 18.0 Å². The van der Waals surface area contributed by atoms with Gasteiger partial charge in [-0.1, -0.05) is 30.3 Å². The number of nitrogens with zero attached hydrogens (tertiary/aromatic N) is 1. The van der Waals surface area contributed by atoms with E-state index in [0.29, 0.717) is 11.1 Å². The van der Waals surface area contributed by atoms with Gasteiger partial charge in [-0.05, 0) is 19.1 Å². The molecule has 2 rings (SSSR count). The molecule has 0 bridgehead atoms. The molecule has 0 amide bonds. The molecular formula is C15H13NO3. The zero-order valence-corrected chi connectivity index (χ0v) is 10.4. The third-order valence-corrected chi connectivity index (χ3v) is 2.61. The van der Waals surface area contributed by atoms with Gasteiger partial charge in [-0.2, -0.15) is 0 Å². The Hall–Kier alpha value is -2.49. The van der Waals surface area contributed by atoms with Crippen molar-refractivity contribution in [3.63, 3.8) is 0 Å². The van der Waals surface area contributed by atoms with E-state index in [1.54, 1.807) is 49.5 Å². The lowest BCUT2D eigenvalue weighted by atomic mass is 10.1. The van der Waals surface area contributed by atoms with Crippen molar-refractivity contribution in [2.45, 2.75) is 13.0 Å². The Bertz CT molecular complexity index is 566. The first kappa shape index (κ1) is 13.0. The first-order chi connectivity index (χ1) is 9.18. The van der Waals surface area contributed by atoms with Crippen LogP contribution >= 0.6 is 0 Å². The average Bonchev–Trinajstić information content (AvgIpc) is 2.48. The number of carbonyl (C=O) groups is 2. The molecule has 0 saturated heterocycles. The molecule has 0 fully saturated rings. The van der Waals surface area contributed by atoms with E-state index in [1.807, 2.05) is 6.07 Å². The summed E-state index contributed by atoms with van der Waals surface area (Å²) in [6, 6.07) is 12.0. The molecule has 4 heteroatoms. The van der Waals surface area contributed by atoms with Crippen molar-refractivity contribution in [3.8, 4) is 0 Å². The summed E-state index contributed by atoms with van der Waals surface area (Å²) >= 11 is 0. The second-order valence-electron chi connectivity index (χ2n) is 4.02. The van der Waals surface area contributed by atoms with Crippen molar-refractivity contribution in [2.24, 2.45) is 0 Å². The fourth-order valence-electron chi connectivity index (χ4n) is 1.60. The number of benzene rings is 1. The smallest absolute Gasteiger partial charge is 0.340 e. The van der Waals surface area contributed by atoms with Crippen LogP contribution in [0.25, 0.3) is 0 Å². The van der Waals surface area contributed by atoms with Crippen LogP contribution in [0, 0.1) is 0 Å². The molecule has 0 radical (unpaired) electrons. The van der Waals surface area contributed by atoms with Crippen LogP contribution in [-0.4, -0.2) is 22.8 Å². The molecule has 1 aromatic heterocycles. The number of hydrogen-bond acceptors (Lipinski definition) is 4. The monoisotopic (exact) mass is 255 g/mol. The van der Waals surface area contributed by atoms with Gasteiger partial charge in [0.1, 0.15) is 0 Å². The standard InChI is InChI=1S/C15H13NO3/c1-11(14(17)12-6-3-2-4-7-12)19-15(18)13-8-5-9-16-10-13/h2-11H,1H3. The van der Waals surface area contributed by atoms with Gasteiger partial charge >= 0.3 is 5.97 Å². The number of ketones is 1. The van der Waals surface area contributed by atoms with E-state index in [4.69, 9.17) is 4.74 Å². The highest BCUT2D eigenvalue weighted by molar-refractivity contribution is 6.01. The fraction of sp³-hybridized carbons (Fsp3) is 0.133. The second kappa shape index (κ2) is 5.91. The minimum Gasteiger partial charge on any atom is -0.451 e. The zero-order valence-electron chi connectivity index (χ0n) is 10.4. The molecule has 0 aliphatic heterocycles. The van der Waals surface area contributed by atoms with Gasteiger partial charge in [0.25, 0.3) is 0 Å². The number of esters is 1. The molecule has 0 saturated carbocycles. The molecule has 19 heavy (non-hydrogen) atoms. The summed E-state index contributed by atoms with van der Waals surface area (Å²) in [5, 5.41) is 0. The number of aromatic nitrogens is 1. The fourth-order valence-corrected chi connectivity index (χ4v) is 1.60. The summed E-state index contributed by atoms with van der Waals surface area (Å²) in [6.07, 6.45) is 2.15. The molecule has 1 heterocycles. The lowest BCUT2D eigenvalue weighted by molar-refractivity contribution is 0.0318. The van der Waals surface area contributed by atoms with E-state index in [1.165, 1.54) is 6.20 Å². The summed E-state index contributed by atoms with van der Waals surface area (Å²) < 4.78 is 5.12. The summed E-state index contributed by atoms with van der Waals surface area (Å²) in [6.45, 7) is 1.56. The van der Waals surface area contributed by atoms with E-state index in [9.17, 15) is 9.59 Å². The van der Waals surface area contributed by atoms with Gasteiger partial charge in [-0.15, -0.1) is 0 Å².